The Balaban J connectivity index is 2.14. The van der Waals surface area contributed by atoms with Gasteiger partial charge in [-0.2, -0.15) is 0 Å². The Hall–Kier alpha value is -2.02. The summed E-state index contributed by atoms with van der Waals surface area (Å²) in [7, 11) is 1.96. The maximum absolute atomic E-state index is 3.25. The Kier molecular flexibility index (Phi) is 3.98. The molecule has 1 nitrogen and oxygen atoms in total. The number of hydrogen-bond donors (Lipinski definition) is 1. The standard InChI is InChI=1S/C16H17N/c1-17-16(15-10-6-3-7-11-15)13-12-14-8-4-2-5-9-14/h2-11,13,17H,12H2,1H3/b16-13-. The van der Waals surface area contributed by atoms with Gasteiger partial charge in [-0.05, 0) is 17.5 Å². The molecule has 0 fully saturated rings. The van der Waals surface area contributed by atoms with Crippen LogP contribution >= 0.6 is 0 Å². The van der Waals surface area contributed by atoms with Gasteiger partial charge in [0.15, 0.2) is 0 Å². The van der Waals surface area contributed by atoms with Gasteiger partial charge in [-0.15, -0.1) is 0 Å². The average Bonchev–Trinajstić information content (AvgIpc) is 2.42. The van der Waals surface area contributed by atoms with E-state index in [-0.39, 0.29) is 0 Å². The molecular formula is C16H17N. The van der Waals surface area contributed by atoms with E-state index >= 15 is 0 Å². The fourth-order valence-corrected chi connectivity index (χ4v) is 1.82. The summed E-state index contributed by atoms with van der Waals surface area (Å²) in [6.45, 7) is 0. The highest BCUT2D eigenvalue weighted by Gasteiger charge is 1.97. The molecule has 0 saturated carbocycles. The van der Waals surface area contributed by atoms with Crippen molar-refractivity contribution in [3.63, 3.8) is 0 Å². The molecule has 1 N–H and O–H groups in total. The van der Waals surface area contributed by atoms with Crippen LogP contribution in [-0.4, -0.2) is 7.05 Å². The summed E-state index contributed by atoms with van der Waals surface area (Å²) >= 11 is 0. The van der Waals surface area contributed by atoms with Crippen molar-refractivity contribution < 1.29 is 0 Å². The molecule has 0 bridgehead atoms. The minimum Gasteiger partial charge on any atom is -0.388 e. The first-order chi connectivity index (χ1) is 8.40. The van der Waals surface area contributed by atoms with Crippen LogP contribution in [0.25, 0.3) is 5.70 Å². The second kappa shape index (κ2) is 5.90. The summed E-state index contributed by atoms with van der Waals surface area (Å²) in [6, 6.07) is 20.9. The first-order valence-corrected chi connectivity index (χ1v) is 5.87. The van der Waals surface area contributed by atoms with Crippen molar-refractivity contribution in [1.82, 2.24) is 5.32 Å². The molecule has 2 rings (SSSR count). The second-order valence-electron chi connectivity index (χ2n) is 3.92. The van der Waals surface area contributed by atoms with Gasteiger partial charge in [0.05, 0.1) is 0 Å². The van der Waals surface area contributed by atoms with E-state index in [0.717, 1.165) is 6.42 Å². The molecule has 2 aromatic carbocycles. The lowest BCUT2D eigenvalue weighted by Crippen LogP contribution is -2.04. The van der Waals surface area contributed by atoms with E-state index in [4.69, 9.17) is 0 Å². The molecule has 17 heavy (non-hydrogen) atoms. The average molecular weight is 223 g/mol. The van der Waals surface area contributed by atoms with Crippen LogP contribution in [0.5, 0.6) is 0 Å². The Morgan fingerprint density at radius 3 is 2.12 bits per heavy atom. The van der Waals surface area contributed by atoms with Crippen molar-refractivity contribution >= 4 is 5.70 Å². The van der Waals surface area contributed by atoms with E-state index in [1.54, 1.807) is 0 Å². The lowest BCUT2D eigenvalue weighted by atomic mass is 10.1. The highest BCUT2D eigenvalue weighted by atomic mass is 14.8. The molecular weight excluding hydrogens is 206 g/mol. The minimum absolute atomic E-state index is 0.950. The van der Waals surface area contributed by atoms with E-state index in [9.17, 15) is 0 Å². The lowest BCUT2D eigenvalue weighted by Gasteiger charge is -2.07. The fourth-order valence-electron chi connectivity index (χ4n) is 1.82. The Morgan fingerprint density at radius 1 is 0.941 bits per heavy atom. The molecule has 0 heterocycles. The maximum atomic E-state index is 3.25. The second-order valence-corrected chi connectivity index (χ2v) is 3.92. The number of allylic oxidation sites excluding steroid dienone is 1. The van der Waals surface area contributed by atoms with Gasteiger partial charge in [0, 0.05) is 12.7 Å². The van der Waals surface area contributed by atoms with Crippen LogP contribution in [0, 0.1) is 0 Å². The molecule has 86 valence electrons. The first-order valence-electron chi connectivity index (χ1n) is 5.87. The Morgan fingerprint density at radius 2 is 1.53 bits per heavy atom. The zero-order valence-electron chi connectivity index (χ0n) is 10.1. The van der Waals surface area contributed by atoms with Gasteiger partial charge in [0.2, 0.25) is 0 Å². The molecule has 0 unspecified atom stereocenters. The monoisotopic (exact) mass is 223 g/mol. The van der Waals surface area contributed by atoms with E-state index in [1.165, 1.54) is 16.8 Å². The molecule has 1 heteroatoms. The van der Waals surface area contributed by atoms with E-state index in [1.807, 2.05) is 19.2 Å². The minimum atomic E-state index is 0.950. The van der Waals surface area contributed by atoms with Crippen LogP contribution in [0.4, 0.5) is 0 Å². The molecule has 0 aliphatic carbocycles. The van der Waals surface area contributed by atoms with Crippen molar-refractivity contribution in [1.29, 1.82) is 0 Å². The van der Waals surface area contributed by atoms with Crippen molar-refractivity contribution in [3.8, 4) is 0 Å². The van der Waals surface area contributed by atoms with E-state index < -0.39 is 0 Å². The molecule has 0 radical (unpaired) electrons. The van der Waals surface area contributed by atoms with Gasteiger partial charge in [-0.1, -0.05) is 66.7 Å². The third kappa shape index (κ3) is 3.22. The quantitative estimate of drug-likeness (QED) is 0.836. The van der Waals surface area contributed by atoms with Crippen molar-refractivity contribution in [2.45, 2.75) is 6.42 Å². The zero-order chi connectivity index (χ0) is 11.9. The van der Waals surface area contributed by atoms with Gasteiger partial charge in [-0.3, -0.25) is 0 Å². The maximum Gasteiger partial charge on any atom is 0.0374 e. The van der Waals surface area contributed by atoms with Crippen LogP contribution < -0.4 is 5.32 Å². The number of benzene rings is 2. The first kappa shape index (κ1) is 11.5. The van der Waals surface area contributed by atoms with Crippen LogP contribution in [0.15, 0.2) is 66.7 Å². The van der Waals surface area contributed by atoms with Crippen LogP contribution in [0.3, 0.4) is 0 Å². The molecule has 0 spiro atoms. The SMILES string of the molecule is CN/C(=C\Cc1ccccc1)c1ccccc1. The number of nitrogens with one attached hydrogen (secondary N) is 1. The van der Waals surface area contributed by atoms with Gasteiger partial charge in [-0.25, -0.2) is 0 Å². The molecule has 0 atom stereocenters. The molecule has 0 aliphatic rings. The third-order valence-electron chi connectivity index (χ3n) is 2.74. The van der Waals surface area contributed by atoms with Gasteiger partial charge < -0.3 is 5.32 Å². The highest BCUT2D eigenvalue weighted by Crippen LogP contribution is 2.12. The number of rotatable bonds is 4. The Labute approximate surface area is 103 Å². The third-order valence-corrected chi connectivity index (χ3v) is 2.74. The number of hydrogen-bond acceptors (Lipinski definition) is 1. The topological polar surface area (TPSA) is 12.0 Å². The molecule has 0 aliphatic heterocycles. The van der Waals surface area contributed by atoms with Crippen molar-refractivity contribution in [2.24, 2.45) is 0 Å². The normalized spacial score (nSPS) is 11.2. The summed E-state index contributed by atoms with van der Waals surface area (Å²) < 4.78 is 0. The smallest absolute Gasteiger partial charge is 0.0374 e. The summed E-state index contributed by atoms with van der Waals surface area (Å²) in [4.78, 5) is 0. The molecule has 0 saturated heterocycles. The summed E-state index contributed by atoms with van der Waals surface area (Å²) in [5.41, 5.74) is 3.73. The van der Waals surface area contributed by atoms with Gasteiger partial charge in [0.25, 0.3) is 0 Å². The van der Waals surface area contributed by atoms with Crippen LogP contribution in [0.1, 0.15) is 11.1 Å². The zero-order valence-corrected chi connectivity index (χ0v) is 10.1. The largest absolute Gasteiger partial charge is 0.388 e. The van der Waals surface area contributed by atoms with Crippen molar-refractivity contribution in [3.05, 3.63) is 77.9 Å². The van der Waals surface area contributed by atoms with Crippen LogP contribution in [-0.2, 0) is 6.42 Å². The predicted octanol–water partition coefficient (Wildman–Crippen LogP) is 3.49. The van der Waals surface area contributed by atoms with Crippen LogP contribution in [0.2, 0.25) is 0 Å². The molecule has 0 aromatic heterocycles. The molecule has 0 amide bonds. The van der Waals surface area contributed by atoms with E-state index in [2.05, 4.69) is 59.9 Å². The molecule has 2 aromatic rings. The van der Waals surface area contributed by atoms with E-state index in [0.29, 0.717) is 0 Å². The Bertz CT molecular complexity index is 471. The summed E-state index contributed by atoms with van der Waals surface area (Å²) in [5.74, 6) is 0. The summed E-state index contributed by atoms with van der Waals surface area (Å²) in [5, 5.41) is 3.25. The van der Waals surface area contributed by atoms with Gasteiger partial charge >= 0.3 is 0 Å². The lowest BCUT2D eigenvalue weighted by molar-refractivity contribution is 1.11. The predicted molar refractivity (Wildman–Crippen MR) is 73.6 cm³/mol. The van der Waals surface area contributed by atoms with Gasteiger partial charge in [0.1, 0.15) is 0 Å². The summed E-state index contributed by atoms with van der Waals surface area (Å²) in [6.07, 6.45) is 3.18. The fraction of sp³-hybridized carbons (Fsp3) is 0.125. The highest BCUT2D eigenvalue weighted by molar-refractivity contribution is 5.63. The van der Waals surface area contributed by atoms with Crippen molar-refractivity contribution in [2.75, 3.05) is 7.05 Å².